The van der Waals surface area contributed by atoms with Gasteiger partial charge in [0.15, 0.2) is 5.96 Å². The van der Waals surface area contributed by atoms with Crippen molar-refractivity contribution >= 4 is 40.0 Å². The van der Waals surface area contributed by atoms with Crippen molar-refractivity contribution in [2.24, 2.45) is 4.99 Å². The lowest BCUT2D eigenvalue weighted by Crippen LogP contribution is -2.53. The van der Waals surface area contributed by atoms with Crippen molar-refractivity contribution in [3.8, 4) is 0 Å². The van der Waals surface area contributed by atoms with Crippen LogP contribution in [0.5, 0.6) is 0 Å². The summed E-state index contributed by atoms with van der Waals surface area (Å²) in [4.78, 5) is 6.87. The molecule has 8 nitrogen and oxygen atoms in total. The number of aryl methyl sites for hydroxylation is 1. The van der Waals surface area contributed by atoms with Gasteiger partial charge < -0.3 is 14.7 Å². The standard InChI is InChI=1S/C20H29N5O3S.HI/c1-2-21-20(22-11-6-9-18-7-4-3-5-8-18)24-12-14-25(15-13-24)29(26,27)17-19-10-16-28-23-19;/h3-5,7-8,10,16H,2,6,9,11-15,17H2,1H3,(H,21,22);1H. The van der Waals surface area contributed by atoms with Crippen LogP contribution < -0.4 is 5.32 Å². The van der Waals surface area contributed by atoms with Gasteiger partial charge in [0.1, 0.15) is 12.0 Å². The number of piperazine rings is 1. The molecule has 0 saturated carbocycles. The highest BCUT2D eigenvalue weighted by Crippen LogP contribution is 2.13. The first kappa shape index (κ1) is 24.6. The third-order valence-corrected chi connectivity index (χ3v) is 6.63. The van der Waals surface area contributed by atoms with E-state index < -0.39 is 10.0 Å². The highest BCUT2D eigenvalue weighted by molar-refractivity contribution is 14.0. The Kier molecular flexibility index (Phi) is 10.1. The van der Waals surface area contributed by atoms with Crippen LogP contribution in [0.3, 0.4) is 0 Å². The molecule has 1 aliphatic rings. The van der Waals surface area contributed by atoms with E-state index in [2.05, 4.69) is 39.6 Å². The van der Waals surface area contributed by atoms with Crippen molar-refractivity contribution in [3.63, 3.8) is 0 Å². The molecule has 2 aromatic rings. The van der Waals surface area contributed by atoms with Crippen molar-refractivity contribution in [2.45, 2.75) is 25.5 Å². The summed E-state index contributed by atoms with van der Waals surface area (Å²) in [6, 6.07) is 12.0. The number of halogens is 1. The lowest BCUT2D eigenvalue weighted by molar-refractivity contribution is 0.260. The van der Waals surface area contributed by atoms with Gasteiger partial charge in [-0.25, -0.2) is 8.42 Å². The van der Waals surface area contributed by atoms with Crippen molar-refractivity contribution < 1.29 is 12.9 Å². The Hall–Kier alpha value is -1.66. The number of benzene rings is 1. The molecule has 0 radical (unpaired) electrons. The number of nitrogens with zero attached hydrogens (tertiary/aromatic N) is 4. The van der Waals surface area contributed by atoms with Crippen LogP contribution in [0.2, 0.25) is 0 Å². The minimum absolute atomic E-state index is 0. The molecular weight excluding hydrogens is 517 g/mol. The average molecular weight is 547 g/mol. The smallest absolute Gasteiger partial charge is 0.220 e. The molecule has 1 N–H and O–H groups in total. The molecule has 0 atom stereocenters. The zero-order valence-electron chi connectivity index (χ0n) is 17.2. The monoisotopic (exact) mass is 547 g/mol. The summed E-state index contributed by atoms with van der Waals surface area (Å²) < 4.78 is 31.4. The second-order valence-corrected chi connectivity index (χ2v) is 8.93. The van der Waals surface area contributed by atoms with E-state index in [4.69, 9.17) is 9.52 Å². The normalized spacial score (nSPS) is 15.6. The highest BCUT2D eigenvalue weighted by Gasteiger charge is 2.28. The molecule has 0 unspecified atom stereocenters. The zero-order chi connectivity index (χ0) is 20.5. The number of aromatic nitrogens is 1. The van der Waals surface area contributed by atoms with E-state index in [1.165, 1.54) is 16.1 Å². The number of hydrogen-bond donors (Lipinski definition) is 1. The van der Waals surface area contributed by atoms with Crippen molar-refractivity contribution in [1.29, 1.82) is 0 Å². The Morgan fingerprint density at radius 1 is 1.17 bits per heavy atom. The van der Waals surface area contributed by atoms with Crippen molar-refractivity contribution in [1.82, 2.24) is 19.7 Å². The maximum absolute atomic E-state index is 12.6. The Morgan fingerprint density at radius 3 is 2.53 bits per heavy atom. The maximum atomic E-state index is 12.6. The molecule has 0 spiro atoms. The van der Waals surface area contributed by atoms with Crippen LogP contribution in [0.1, 0.15) is 24.6 Å². The molecule has 1 fully saturated rings. The van der Waals surface area contributed by atoms with Crippen LogP contribution in [0.4, 0.5) is 0 Å². The Balaban J connectivity index is 0.00000320. The zero-order valence-corrected chi connectivity index (χ0v) is 20.4. The van der Waals surface area contributed by atoms with Crippen molar-refractivity contribution in [2.75, 3.05) is 39.3 Å². The molecule has 166 valence electrons. The molecule has 0 aliphatic carbocycles. The van der Waals surface area contributed by atoms with Gasteiger partial charge in [-0.1, -0.05) is 35.5 Å². The Bertz CT molecular complexity index is 867. The van der Waals surface area contributed by atoms with Crippen LogP contribution in [0, 0.1) is 0 Å². The van der Waals surface area contributed by atoms with Gasteiger partial charge in [-0.2, -0.15) is 4.31 Å². The van der Waals surface area contributed by atoms with Crippen LogP contribution in [0.15, 0.2) is 52.2 Å². The molecular formula is C20H30IN5O3S. The molecule has 0 amide bonds. The van der Waals surface area contributed by atoms with E-state index in [0.717, 1.165) is 31.9 Å². The number of hydrogen-bond acceptors (Lipinski definition) is 5. The van der Waals surface area contributed by atoms with Gasteiger partial charge >= 0.3 is 0 Å². The van der Waals surface area contributed by atoms with Gasteiger partial charge in [-0.3, -0.25) is 4.99 Å². The fraction of sp³-hybridized carbons (Fsp3) is 0.500. The SMILES string of the molecule is CCNC(=NCCCc1ccccc1)N1CCN(S(=O)(=O)Cc2ccon2)CC1.I. The number of nitrogens with one attached hydrogen (secondary N) is 1. The first-order valence-electron chi connectivity index (χ1n) is 10.0. The fourth-order valence-electron chi connectivity index (χ4n) is 3.31. The minimum Gasteiger partial charge on any atom is -0.364 e. The first-order valence-corrected chi connectivity index (χ1v) is 11.6. The summed E-state index contributed by atoms with van der Waals surface area (Å²) in [5, 5.41) is 7.03. The molecule has 1 aromatic carbocycles. The van der Waals surface area contributed by atoms with Gasteiger partial charge in [0.2, 0.25) is 10.0 Å². The maximum Gasteiger partial charge on any atom is 0.220 e. The third kappa shape index (κ3) is 7.24. The van der Waals surface area contributed by atoms with E-state index in [1.54, 1.807) is 6.07 Å². The van der Waals surface area contributed by atoms with E-state index >= 15 is 0 Å². The van der Waals surface area contributed by atoms with Gasteiger partial charge in [-0.15, -0.1) is 24.0 Å². The molecule has 2 heterocycles. The predicted octanol–water partition coefficient (Wildman–Crippen LogP) is 2.34. The lowest BCUT2D eigenvalue weighted by Gasteiger charge is -2.35. The average Bonchev–Trinajstić information content (AvgIpc) is 3.23. The summed E-state index contributed by atoms with van der Waals surface area (Å²) in [5.74, 6) is 0.728. The fourth-order valence-corrected chi connectivity index (χ4v) is 4.73. The van der Waals surface area contributed by atoms with Gasteiger partial charge in [0.25, 0.3) is 0 Å². The Labute approximate surface area is 195 Å². The topological polar surface area (TPSA) is 91.0 Å². The van der Waals surface area contributed by atoms with E-state index in [1.807, 2.05) is 13.0 Å². The quantitative estimate of drug-likeness (QED) is 0.236. The molecule has 0 bridgehead atoms. The van der Waals surface area contributed by atoms with Gasteiger partial charge in [0.05, 0.1) is 5.69 Å². The third-order valence-electron chi connectivity index (χ3n) is 4.82. The van der Waals surface area contributed by atoms with Gasteiger partial charge in [-0.05, 0) is 25.3 Å². The summed E-state index contributed by atoms with van der Waals surface area (Å²) in [7, 11) is -3.40. The molecule has 3 rings (SSSR count). The molecule has 1 saturated heterocycles. The van der Waals surface area contributed by atoms with Crippen LogP contribution >= 0.6 is 24.0 Å². The summed E-state index contributed by atoms with van der Waals surface area (Å²) in [6.45, 7) is 5.66. The van der Waals surface area contributed by atoms with Crippen LogP contribution in [-0.4, -0.2) is 68.0 Å². The molecule has 1 aromatic heterocycles. The summed E-state index contributed by atoms with van der Waals surface area (Å²) in [6.07, 6.45) is 3.36. The molecule has 30 heavy (non-hydrogen) atoms. The second-order valence-electron chi connectivity index (χ2n) is 6.96. The lowest BCUT2D eigenvalue weighted by atomic mass is 10.1. The van der Waals surface area contributed by atoms with E-state index in [0.29, 0.717) is 31.9 Å². The van der Waals surface area contributed by atoms with E-state index in [9.17, 15) is 8.42 Å². The number of rotatable bonds is 8. The Morgan fingerprint density at radius 2 is 1.90 bits per heavy atom. The number of aliphatic imine (C=N–C) groups is 1. The first-order chi connectivity index (χ1) is 14.1. The van der Waals surface area contributed by atoms with Crippen LogP contribution in [0.25, 0.3) is 0 Å². The van der Waals surface area contributed by atoms with Gasteiger partial charge in [0, 0.05) is 45.3 Å². The summed E-state index contributed by atoms with van der Waals surface area (Å²) >= 11 is 0. The van der Waals surface area contributed by atoms with E-state index in [-0.39, 0.29) is 29.7 Å². The van der Waals surface area contributed by atoms with Crippen LogP contribution in [-0.2, 0) is 22.2 Å². The van der Waals surface area contributed by atoms with Crippen molar-refractivity contribution in [3.05, 3.63) is 53.9 Å². The second kappa shape index (κ2) is 12.3. The highest BCUT2D eigenvalue weighted by atomic mass is 127. The summed E-state index contributed by atoms with van der Waals surface area (Å²) in [5.41, 5.74) is 1.75. The number of sulfonamides is 1. The molecule has 1 aliphatic heterocycles. The largest absolute Gasteiger partial charge is 0.364 e. The predicted molar refractivity (Wildman–Crippen MR) is 128 cm³/mol. The molecule has 10 heteroatoms. The minimum atomic E-state index is -3.40. The number of guanidine groups is 1.